The lowest BCUT2D eigenvalue weighted by Crippen LogP contribution is -2.03. The molecule has 1 heterocycles. The van der Waals surface area contributed by atoms with Crippen LogP contribution in [0.4, 0.5) is 0 Å². The monoisotopic (exact) mass is 320 g/mol. The SMILES string of the molecule is O=C(O)c1ccc(Cn2ccc(C3CC3)n2)c(Br)c1. The van der Waals surface area contributed by atoms with Gasteiger partial charge < -0.3 is 5.11 Å². The number of halogens is 1. The van der Waals surface area contributed by atoms with Crippen LogP contribution in [-0.2, 0) is 6.54 Å². The molecule has 0 amide bonds. The van der Waals surface area contributed by atoms with Crippen LogP contribution in [0.15, 0.2) is 34.9 Å². The third-order valence-corrected chi connectivity index (χ3v) is 4.03. The molecule has 0 radical (unpaired) electrons. The van der Waals surface area contributed by atoms with Gasteiger partial charge in [-0.05, 0) is 36.6 Å². The summed E-state index contributed by atoms with van der Waals surface area (Å²) in [5, 5.41) is 13.5. The molecule has 98 valence electrons. The average Bonchev–Trinajstić information content (AvgIpc) is 3.12. The Morgan fingerprint density at radius 1 is 1.42 bits per heavy atom. The Labute approximate surface area is 119 Å². The highest BCUT2D eigenvalue weighted by Gasteiger charge is 2.25. The first-order chi connectivity index (χ1) is 9.13. The van der Waals surface area contributed by atoms with Crippen molar-refractivity contribution in [2.24, 2.45) is 0 Å². The number of carbonyl (C=O) groups is 1. The van der Waals surface area contributed by atoms with E-state index >= 15 is 0 Å². The van der Waals surface area contributed by atoms with Crippen LogP contribution >= 0.6 is 15.9 Å². The smallest absolute Gasteiger partial charge is 0.335 e. The number of carboxylic acid groups (broad SMARTS) is 1. The summed E-state index contributed by atoms with van der Waals surface area (Å²) in [6.07, 6.45) is 4.47. The highest BCUT2D eigenvalue weighted by atomic mass is 79.9. The molecule has 1 aromatic heterocycles. The molecule has 0 bridgehead atoms. The number of nitrogens with zero attached hydrogens (tertiary/aromatic N) is 2. The van der Waals surface area contributed by atoms with Gasteiger partial charge in [0.15, 0.2) is 0 Å². The zero-order chi connectivity index (χ0) is 13.4. The van der Waals surface area contributed by atoms with Crippen molar-refractivity contribution in [2.45, 2.75) is 25.3 Å². The standard InChI is InChI=1S/C14H13BrN2O2/c15-12-7-10(14(18)19)3-4-11(12)8-17-6-5-13(16-17)9-1-2-9/h3-7,9H,1-2,8H2,(H,18,19). The molecule has 1 N–H and O–H groups in total. The predicted molar refractivity (Wildman–Crippen MR) is 74.4 cm³/mol. The Morgan fingerprint density at radius 3 is 2.84 bits per heavy atom. The Morgan fingerprint density at radius 2 is 2.21 bits per heavy atom. The molecule has 2 aromatic rings. The summed E-state index contributed by atoms with van der Waals surface area (Å²) in [4.78, 5) is 10.9. The summed E-state index contributed by atoms with van der Waals surface area (Å²) in [5.74, 6) is -0.263. The number of hydrogen-bond donors (Lipinski definition) is 1. The zero-order valence-corrected chi connectivity index (χ0v) is 11.8. The lowest BCUT2D eigenvalue weighted by atomic mass is 10.1. The minimum absolute atomic E-state index is 0.287. The van der Waals surface area contributed by atoms with Crippen molar-refractivity contribution < 1.29 is 9.90 Å². The molecule has 1 saturated carbocycles. The molecule has 5 heteroatoms. The maximum atomic E-state index is 10.9. The van der Waals surface area contributed by atoms with E-state index in [1.54, 1.807) is 12.1 Å². The molecule has 1 aliphatic rings. The number of benzene rings is 1. The molecular weight excluding hydrogens is 308 g/mol. The van der Waals surface area contributed by atoms with Crippen molar-refractivity contribution in [3.63, 3.8) is 0 Å². The normalized spacial score (nSPS) is 14.6. The summed E-state index contributed by atoms with van der Waals surface area (Å²) < 4.78 is 2.70. The van der Waals surface area contributed by atoms with Gasteiger partial charge in [-0.15, -0.1) is 0 Å². The maximum absolute atomic E-state index is 10.9. The molecule has 0 spiro atoms. The minimum Gasteiger partial charge on any atom is -0.478 e. The predicted octanol–water partition coefficient (Wildman–Crippen LogP) is 3.27. The van der Waals surface area contributed by atoms with E-state index in [0.29, 0.717) is 12.5 Å². The molecule has 0 atom stereocenters. The minimum atomic E-state index is -0.914. The number of carboxylic acids is 1. The van der Waals surface area contributed by atoms with E-state index in [9.17, 15) is 4.79 Å². The summed E-state index contributed by atoms with van der Waals surface area (Å²) in [6.45, 7) is 0.646. The van der Waals surface area contributed by atoms with E-state index < -0.39 is 5.97 Å². The van der Waals surface area contributed by atoms with Crippen molar-refractivity contribution in [1.29, 1.82) is 0 Å². The van der Waals surface area contributed by atoms with Gasteiger partial charge >= 0.3 is 5.97 Å². The van der Waals surface area contributed by atoms with Crippen molar-refractivity contribution >= 4 is 21.9 Å². The van der Waals surface area contributed by atoms with E-state index in [2.05, 4.69) is 27.1 Å². The number of aromatic carboxylic acids is 1. The Bertz CT molecular complexity index is 632. The molecule has 4 nitrogen and oxygen atoms in total. The topological polar surface area (TPSA) is 55.1 Å². The summed E-state index contributed by atoms with van der Waals surface area (Å²) in [6, 6.07) is 7.14. The lowest BCUT2D eigenvalue weighted by molar-refractivity contribution is 0.0697. The second kappa shape index (κ2) is 4.81. The largest absolute Gasteiger partial charge is 0.478 e. The van der Waals surface area contributed by atoms with Gasteiger partial charge in [0.2, 0.25) is 0 Å². The second-order valence-electron chi connectivity index (χ2n) is 4.82. The van der Waals surface area contributed by atoms with Gasteiger partial charge in [-0.3, -0.25) is 4.68 Å². The first kappa shape index (κ1) is 12.4. The summed E-state index contributed by atoms with van der Waals surface area (Å²) in [7, 11) is 0. The highest BCUT2D eigenvalue weighted by Crippen LogP contribution is 2.38. The molecule has 0 aliphatic heterocycles. The van der Waals surface area contributed by atoms with Gasteiger partial charge in [-0.25, -0.2) is 4.79 Å². The van der Waals surface area contributed by atoms with Crippen LogP contribution in [0.3, 0.4) is 0 Å². The van der Waals surface area contributed by atoms with E-state index in [1.165, 1.54) is 18.5 Å². The van der Waals surface area contributed by atoms with E-state index in [-0.39, 0.29) is 5.56 Å². The fraction of sp³-hybridized carbons (Fsp3) is 0.286. The van der Waals surface area contributed by atoms with Gasteiger partial charge in [0.1, 0.15) is 0 Å². The van der Waals surface area contributed by atoms with Crippen molar-refractivity contribution in [3.8, 4) is 0 Å². The van der Waals surface area contributed by atoms with E-state index in [1.807, 2.05) is 16.9 Å². The fourth-order valence-corrected chi connectivity index (χ4v) is 2.55. The molecular formula is C14H13BrN2O2. The summed E-state index contributed by atoms with van der Waals surface area (Å²) >= 11 is 3.42. The fourth-order valence-electron chi connectivity index (χ4n) is 2.05. The van der Waals surface area contributed by atoms with Gasteiger partial charge in [-0.1, -0.05) is 22.0 Å². The molecule has 3 rings (SSSR count). The third kappa shape index (κ3) is 2.71. The van der Waals surface area contributed by atoms with Gasteiger partial charge in [-0.2, -0.15) is 5.10 Å². The average molecular weight is 321 g/mol. The van der Waals surface area contributed by atoms with Gasteiger partial charge in [0.05, 0.1) is 17.8 Å². The van der Waals surface area contributed by atoms with E-state index in [0.717, 1.165) is 10.0 Å². The first-order valence-corrected chi connectivity index (χ1v) is 6.98. The number of hydrogen-bond acceptors (Lipinski definition) is 2. The molecule has 1 fully saturated rings. The zero-order valence-electron chi connectivity index (χ0n) is 10.2. The molecule has 1 aromatic carbocycles. The van der Waals surface area contributed by atoms with Gasteiger partial charge in [0, 0.05) is 16.6 Å². The molecule has 0 saturated heterocycles. The number of aromatic nitrogens is 2. The Balaban J connectivity index is 1.79. The van der Waals surface area contributed by atoms with Crippen LogP contribution < -0.4 is 0 Å². The molecule has 0 unspecified atom stereocenters. The van der Waals surface area contributed by atoms with Crippen LogP contribution in [0.2, 0.25) is 0 Å². The van der Waals surface area contributed by atoms with Crippen molar-refractivity contribution in [1.82, 2.24) is 9.78 Å². The van der Waals surface area contributed by atoms with Crippen molar-refractivity contribution in [2.75, 3.05) is 0 Å². The van der Waals surface area contributed by atoms with Crippen LogP contribution in [0, 0.1) is 0 Å². The Kier molecular flexibility index (Phi) is 3.14. The van der Waals surface area contributed by atoms with Gasteiger partial charge in [0.25, 0.3) is 0 Å². The van der Waals surface area contributed by atoms with Crippen molar-refractivity contribution in [3.05, 3.63) is 51.8 Å². The van der Waals surface area contributed by atoms with Crippen LogP contribution in [-0.4, -0.2) is 20.9 Å². The van der Waals surface area contributed by atoms with Crippen LogP contribution in [0.5, 0.6) is 0 Å². The lowest BCUT2D eigenvalue weighted by Gasteiger charge is -2.06. The van der Waals surface area contributed by atoms with E-state index in [4.69, 9.17) is 5.11 Å². The summed E-state index contributed by atoms with van der Waals surface area (Å²) in [5.41, 5.74) is 2.48. The first-order valence-electron chi connectivity index (χ1n) is 6.18. The van der Waals surface area contributed by atoms with Crippen LogP contribution in [0.25, 0.3) is 0 Å². The molecule has 1 aliphatic carbocycles. The second-order valence-corrected chi connectivity index (χ2v) is 5.68. The van der Waals surface area contributed by atoms with Crippen LogP contribution in [0.1, 0.15) is 40.4 Å². The third-order valence-electron chi connectivity index (χ3n) is 3.29. The quantitative estimate of drug-likeness (QED) is 0.940. The number of rotatable bonds is 4. The molecule has 19 heavy (non-hydrogen) atoms. The maximum Gasteiger partial charge on any atom is 0.335 e. The Hall–Kier alpha value is -1.62. The highest BCUT2D eigenvalue weighted by molar-refractivity contribution is 9.10.